The van der Waals surface area contributed by atoms with Crippen LogP contribution in [0.2, 0.25) is 0 Å². The lowest BCUT2D eigenvalue weighted by molar-refractivity contribution is 0.591. The first-order chi connectivity index (χ1) is 37.8. The van der Waals surface area contributed by atoms with Crippen molar-refractivity contribution in [3.8, 4) is 77.9 Å². The van der Waals surface area contributed by atoms with Crippen molar-refractivity contribution in [3.05, 3.63) is 252 Å². The summed E-state index contributed by atoms with van der Waals surface area (Å²) >= 11 is 0. The van der Waals surface area contributed by atoms with E-state index in [-0.39, 0.29) is 16.2 Å². The molecule has 0 saturated heterocycles. The Balaban J connectivity index is 0.712. The molecule has 2 aliphatic carbocycles. The second-order valence-electron chi connectivity index (χ2n) is 24.8. The van der Waals surface area contributed by atoms with Gasteiger partial charge < -0.3 is 0 Å². The van der Waals surface area contributed by atoms with Gasteiger partial charge >= 0.3 is 0 Å². The van der Waals surface area contributed by atoms with E-state index in [0.29, 0.717) is 0 Å². The summed E-state index contributed by atoms with van der Waals surface area (Å²) in [6.07, 6.45) is 0. The minimum Gasteiger partial charge on any atom is -0.0616 e. The molecule has 14 aromatic carbocycles. The molecule has 0 atom stereocenters. The SMILES string of the molecule is CC(C)(C)c1cc2ccc3ccc(-c4cccc(-c5ccc6c(c5)C(C)(C)c5cc(-c7ccc8c(c7)C(C)(C)c7cc(-c9ccccc9-c9ccc%10ccc%11cccc%12ccc9c%10c%11%12)ccc7-8)ccc5-6)c4)c4ccc(c1)c2c34. The van der Waals surface area contributed by atoms with E-state index in [0.717, 1.165) is 0 Å². The van der Waals surface area contributed by atoms with Gasteiger partial charge in [-0.3, -0.25) is 0 Å². The molecule has 2 aliphatic rings. The third-order valence-electron chi connectivity index (χ3n) is 18.7. The van der Waals surface area contributed by atoms with Gasteiger partial charge in [-0.1, -0.05) is 243 Å². The van der Waals surface area contributed by atoms with Gasteiger partial charge in [0.2, 0.25) is 0 Å². The number of hydrogen-bond acceptors (Lipinski definition) is 0. The quantitative estimate of drug-likeness (QED) is 0.151. The normalized spacial score (nSPS) is 14.3. The lowest BCUT2D eigenvalue weighted by Gasteiger charge is -2.24. The molecule has 0 bridgehead atoms. The van der Waals surface area contributed by atoms with Crippen LogP contribution in [0, 0.1) is 0 Å². The molecule has 0 radical (unpaired) electrons. The molecule has 0 aliphatic heterocycles. The third kappa shape index (κ3) is 6.41. The zero-order chi connectivity index (χ0) is 52.6. The highest BCUT2D eigenvalue weighted by molar-refractivity contribution is 6.27. The second-order valence-corrected chi connectivity index (χ2v) is 24.8. The number of rotatable bonds is 5. The molecule has 0 spiro atoms. The molecule has 0 saturated carbocycles. The summed E-state index contributed by atoms with van der Waals surface area (Å²) in [5.74, 6) is 0. The van der Waals surface area contributed by atoms with Gasteiger partial charge in [0.05, 0.1) is 0 Å². The van der Waals surface area contributed by atoms with Gasteiger partial charge in [-0.05, 0) is 206 Å². The van der Waals surface area contributed by atoms with Gasteiger partial charge in [-0.2, -0.15) is 0 Å². The summed E-state index contributed by atoms with van der Waals surface area (Å²) in [4.78, 5) is 0. The van der Waals surface area contributed by atoms with Crippen molar-refractivity contribution in [2.75, 3.05) is 0 Å². The Labute approximate surface area is 457 Å². The average Bonchev–Trinajstić information content (AvgIpc) is 3.91. The van der Waals surface area contributed by atoms with Gasteiger partial charge in [-0.15, -0.1) is 0 Å². The molecular formula is C78H58. The number of benzene rings is 14. The molecule has 0 amide bonds. The number of fused-ring (bicyclic) bond motifs is 6. The standard InChI is InChI=1S/C78H58/c1-76(2,3)57-39-55-21-20-48-22-30-59(66-37-29-56(40-57)73(55)74(48)66)53-15-11-14-49(38-53)50-25-32-62-63-33-26-51(42-69(63)77(4,5)68(62)41-50)52-27-34-64-65-35-28-54(44-71(65)78(6,7)70(64)43-52)58-16-8-9-17-60(58)61-31-23-47-19-18-45-12-10-13-46-24-36-67(61)75(47)72(45)46/h8-44H,1-7H3. The van der Waals surface area contributed by atoms with Crippen LogP contribution in [0.1, 0.15) is 76.3 Å². The Morgan fingerprint density at radius 1 is 0.244 bits per heavy atom. The van der Waals surface area contributed by atoms with E-state index in [1.54, 1.807) is 0 Å². The first kappa shape index (κ1) is 45.4. The summed E-state index contributed by atoms with van der Waals surface area (Å²) < 4.78 is 0. The van der Waals surface area contributed by atoms with E-state index < -0.39 is 0 Å². The van der Waals surface area contributed by atoms with Crippen molar-refractivity contribution in [1.82, 2.24) is 0 Å². The first-order valence-electron chi connectivity index (χ1n) is 28.0. The summed E-state index contributed by atoms with van der Waals surface area (Å²) in [6, 6.07) is 86.3. The maximum Gasteiger partial charge on any atom is 0.0159 e. The topological polar surface area (TPSA) is 0 Å². The fraction of sp³-hybridized carbons (Fsp3) is 0.128. The van der Waals surface area contributed by atoms with Crippen LogP contribution in [0.4, 0.5) is 0 Å². The highest BCUT2D eigenvalue weighted by Crippen LogP contribution is 2.54. The zero-order valence-corrected chi connectivity index (χ0v) is 45.4. The van der Waals surface area contributed by atoms with Gasteiger partial charge in [0.1, 0.15) is 0 Å². The third-order valence-corrected chi connectivity index (χ3v) is 18.7. The summed E-state index contributed by atoms with van der Waals surface area (Å²) in [6.45, 7) is 16.6. The monoisotopic (exact) mass is 994 g/mol. The molecule has 0 heteroatoms. The van der Waals surface area contributed by atoms with Crippen molar-refractivity contribution < 1.29 is 0 Å². The summed E-state index contributed by atoms with van der Waals surface area (Å²) in [7, 11) is 0. The maximum atomic E-state index is 2.49. The molecule has 14 aromatic rings. The van der Waals surface area contributed by atoms with Crippen LogP contribution in [-0.2, 0) is 16.2 Å². The van der Waals surface area contributed by atoms with Crippen LogP contribution in [0.15, 0.2) is 224 Å². The lowest BCUT2D eigenvalue weighted by atomic mass is 9.79. The lowest BCUT2D eigenvalue weighted by Crippen LogP contribution is -2.15. The van der Waals surface area contributed by atoms with Crippen molar-refractivity contribution in [2.45, 2.75) is 64.7 Å². The van der Waals surface area contributed by atoms with Gasteiger partial charge in [-0.25, -0.2) is 0 Å². The van der Waals surface area contributed by atoms with E-state index in [1.807, 2.05) is 0 Å². The Morgan fingerprint density at radius 2 is 0.603 bits per heavy atom. The molecule has 0 fully saturated rings. The van der Waals surface area contributed by atoms with Gasteiger partial charge in [0, 0.05) is 10.8 Å². The molecule has 0 N–H and O–H groups in total. The van der Waals surface area contributed by atoms with Crippen molar-refractivity contribution >= 4 is 64.6 Å². The molecule has 0 unspecified atom stereocenters. The highest BCUT2D eigenvalue weighted by Gasteiger charge is 2.38. The highest BCUT2D eigenvalue weighted by atomic mass is 14.4. The first-order valence-corrected chi connectivity index (χ1v) is 28.0. The predicted octanol–water partition coefficient (Wildman–Crippen LogP) is 21.7. The maximum absolute atomic E-state index is 2.49. The molecule has 0 heterocycles. The van der Waals surface area contributed by atoms with Crippen molar-refractivity contribution in [2.24, 2.45) is 0 Å². The second kappa shape index (κ2) is 15.9. The Morgan fingerprint density at radius 3 is 1.15 bits per heavy atom. The molecule has 0 nitrogen and oxygen atoms in total. The Bertz CT molecular complexity index is 4840. The van der Waals surface area contributed by atoms with Crippen LogP contribution in [0.5, 0.6) is 0 Å². The fourth-order valence-corrected chi connectivity index (χ4v) is 14.5. The predicted molar refractivity (Wildman–Crippen MR) is 335 cm³/mol. The zero-order valence-electron chi connectivity index (χ0n) is 45.4. The number of hydrogen-bond donors (Lipinski definition) is 0. The van der Waals surface area contributed by atoms with Crippen LogP contribution in [0.3, 0.4) is 0 Å². The van der Waals surface area contributed by atoms with Crippen LogP contribution in [0.25, 0.3) is 143 Å². The van der Waals surface area contributed by atoms with E-state index in [1.165, 1.54) is 170 Å². The Kier molecular flexibility index (Phi) is 9.23. The molecular weight excluding hydrogens is 937 g/mol. The van der Waals surface area contributed by atoms with E-state index in [9.17, 15) is 0 Å². The van der Waals surface area contributed by atoms with E-state index >= 15 is 0 Å². The Hall–Kier alpha value is -8.84. The van der Waals surface area contributed by atoms with E-state index in [4.69, 9.17) is 0 Å². The van der Waals surface area contributed by atoms with Gasteiger partial charge in [0.25, 0.3) is 0 Å². The molecule has 16 rings (SSSR count). The average molecular weight is 995 g/mol. The molecule has 370 valence electrons. The van der Waals surface area contributed by atoms with Crippen molar-refractivity contribution in [3.63, 3.8) is 0 Å². The smallest absolute Gasteiger partial charge is 0.0159 e. The molecule has 0 aromatic heterocycles. The molecule has 78 heavy (non-hydrogen) atoms. The minimum absolute atomic E-state index is 0.0854. The largest absolute Gasteiger partial charge is 0.0616 e. The van der Waals surface area contributed by atoms with Gasteiger partial charge in [0.15, 0.2) is 0 Å². The summed E-state index contributed by atoms with van der Waals surface area (Å²) in [5, 5.41) is 15.9. The fourth-order valence-electron chi connectivity index (χ4n) is 14.5. The summed E-state index contributed by atoms with van der Waals surface area (Å²) in [5.41, 5.74) is 24.6. The van der Waals surface area contributed by atoms with E-state index in [2.05, 4.69) is 273 Å². The van der Waals surface area contributed by atoms with Crippen LogP contribution >= 0.6 is 0 Å². The minimum atomic E-state index is -0.186. The van der Waals surface area contributed by atoms with Crippen LogP contribution in [-0.4, -0.2) is 0 Å². The van der Waals surface area contributed by atoms with Crippen LogP contribution < -0.4 is 0 Å². The van der Waals surface area contributed by atoms with Crippen molar-refractivity contribution in [1.29, 1.82) is 0 Å².